The minimum Gasteiger partial charge on any atom is -0.507 e. The van der Waals surface area contributed by atoms with E-state index in [1.807, 2.05) is 18.0 Å². The van der Waals surface area contributed by atoms with Crippen LogP contribution in [-0.2, 0) is 6.80 Å². The summed E-state index contributed by atoms with van der Waals surface area (Å²) in [4.78, 5) is 10.8. The number of halogens is 2. The molecule has 0 spiro atoms. The lowest BCUT2D eigenvalue weighted by molar-refractivity contribution is 0.176. The van der Waals surface area contributed by atoms with Gasteiger partial charge in [-0.2, -0.15) is 5.10 Å². The summed E-state index contributed by atoms with van der Waals surface area (Å²) in [6, 6.07) is 5.21. The molecule has 0 radical (unpaired) electrons. The van der Waals surface area contributed by atoms with Crippen LogP contribution in [0.1, 0.15) is 19.3 Å². The number of alkyl halides is 2. The third-order valence-electron chi connectivity index (χ3n) is 6.41. The molecule has 4 atom stereocenters. The summed E-state index contributed by atoms with van der Waals surface area (Å²) in [5.41, 5.74) is 2.48. The summed E-state index contributed by atoms with van der Waals surface area (Å²) in [5.74, 6) is 0.645. The van der Waals surface area contributed by atoms with Crippen LogP contribution in [0, 0.1) is 0 Å². The van der Waals surface area contributed by atoms with Crippen LogP contribution in [0.15, 0.2) is 43.0 Å². The van der Waals surface area contributed by atoms with Crippen LogP contribution in [0.3, 0.4) is 0 Å². The van der Waals surface area contributed by atoms with Gasteiger partial charge in [-0.3, -0.25) is 4.98 Å². The number of hydrogen-bond acceptors (Lipinski definition) is 6. The minimum atomic E-state index is -0.941. The van der Waals surface area contributed by atoms with E-state index in [1.165, 1.54) is 4.68 Å². The van der Waals surface area contributed by atoms with E-state index in [9.17, 15) is 13.9 Å². The normalized spacial score (nSPS) is 25.0. The van der Waals surface area contributed by atoms with Crippen LogP contribution in [0.2, 0.25) is 0 Å². The van der Waals surface area contributed by atoms with E-state index in [4.69, 9.17) is 0 Å². The molecule has 4 heterocycles. The first-order chi connectivity index (χ1) is 15.0. The van der Waals surface area contributed by atoms with Gasteiger partial charge in [0.05, 0.1) is 30.3 Å². The van der Waals surface area contributed by atoms with Gasteiger partial charge in [0.2, 0.25) is 0 Å². The maximum Gasteiger partial charge on any atom is 0.181 e. The van der Waals surface area contributed by atoms with E-state index in [0.29, 0.717) is 28.7 Å². The van der Waals surface area contributed by atoms with Crippen LogP contribution in [-0.4, -0.2) is 56.2 Å². The Kier molecular flexibility index (Phi) is 5.05. The van der Waals surface area contributed by atoms with Gasteiger partial charge in [-0.25, -0.2) is 18.4 Å². The third-order valence-corrected chi connectivity index (χ3v) is 6.41. The molecule has 2 bridgehead atoms. The van der Waals surface area contributed by atoms with Crippen molar-refractivity contribution < 1.29 is 13.9 Å². The molecule has 5 rings (SSSR count). The van der Waals surface area contributed by atoms with Gasteiger partial charge in [-0.05, 0) is 37.0 Å². The molecule has 162 valence electrons. The number of aromatic hydroxyl groups is 1. The van der Waals surface area contributed by atoms with Gasteiger partial charge in [0.25, 0.3) is 0 Å². The van der Waals surface area contributed by atoms with E-state index in [1.54, 1.807) is 36.9 Å². The number of piperidine rings is 1. The lowest BCUT2D eigenvalue weighted by Crippen LogP contribution is -2.55. The SMILES string of the molecule is CN(c1cnc(-c2ccc(-c3cnn(CF)c3)cc2O)cn1)[C@H]1C[C@@H]2CC[C@@H](N2)[C@H]1F. The van der Waals surface area contributed by atoms with Crippen molar-refractivity contribution in [1.82, 2.24) is 25.1 Å². The highest BCUT2D eigenvalue weighted by molar-refractivity contribution is 5.73. The van der Waals surface area contributed by atoms with Crippen molar-refractivity contribution in [2.45, 2.75) is 50.4 Å². The molecule has 0 saturated carbocycles. The van der Waals surface area contributed by atoms with Gasteiger partial charge in [-0.1, -0.05) is 6.07 Å². The summed E-state index contributed by atoms with van der Waals surface area (Å²) in [6.45, 7) is -0.706. The zero-order chi connectivity index (χ0) is 21.5. The Hall–Kier alpha value is -3.07. The molecule has 9 heteroatoms. The Bertz CT molecular complexity index is 1070. The smallest absolute Gasteiger partial charge is 0.181 e. The molecule has 2 aliphatic heterocycles. The first-order valence-corrected chi connectivity index (χ1v) is 10.4. The standard InChI is InChI=1S/C22H24F2N6O/c1-29(19-7-15-3-5-17(28-15)22(19)24)21-10-25-18(9-26-21)16-4-2-13(6-20(16)31)14-8-27-30(11-14)12-23/h2,4,6,8-11,15,17,19,22,28,31H,3,5,7,12H2,1H3/t15-,17+,19-,22+/m0/s1. The number of anilines is 1. The van der Waals surface area contributed by atoms with Crippen molar-refractivity contribution in [3.8, 4) is 28.1 Å². The Morgan fingerprint density at radius 1 is 1.19 bits per heavy atom. The molecule has 31 heavy (non-hydrogen) atoms. The summed E-state index contributed by atoms with van der Waals surface area (Å²) < 4.78 is 28.7. The van der Waals surface area contributed by atoms with Crippen molar-refractivity contribution >= 4 is 5.82 Å². The lowest BCUT2D eigenvalue weighted by Gasteiger charge is -2.38. The van der Waals surface area contributed by atoms with E-state index < -0.39 is 13.0 Å². The number of hydrogen-bond donors (Lipinski definition) is 2. The second-order valence-electron chi connectivity index (χ2n) is 8.29. The number of nitrogens with one attached hydrogen (secondary N) is 1. The fourth-order valence-electron chi connectivity index (χ4n) is 4.67. The number of phenols is 1. The zero-order valence-electron chi connectivity index (χ0n) is 17.1. The maximum atomic E-state index is 14.9. The molecular formula is C22H24F2N6O. The number of fused-ring (bicyclic) bond motifs is 2. The van der Waals surface area contributed by atoms with E-state index in [0.717, 1.165) is 24.8 Å². The fraction of sp³-hybridized carbons (Fsp3) is 0.409. The Morgan fingerprint density at radius 2 is 2.06 bits per heavy atom. The van der Waals surface area contributed by atoms with E-state index >= 15 is 0 Å². The van der Waals surface area contributed by atoms with Crippen molar-refractivity contribution in [1.29, 1.82) is 0 Å². The molecule has 3 aromatic rings. The molecule has 2 N–H and O–H groups in total. The zero-order valence-corrected chi connectivity index (χ0v) is 17.1. The Balaban J connectivity index is 1.35. The monoisotopic (exact) mass is 426 g/mol. The number of nitrogens with zero attached hydrogens (tertiary/aromatic N) is 5. The molecule has 2 aromatic heterocycles. The third kappa shape index (κ3) is 3.63. The summed E-state index contributed by atoms with van der Waals surface area (Å²) >= 11 is 0. The van der Waals surface area contributed by atoms with Crippen molar-refractivity contribution in [2.75, 3.05) is 11.9 Å². The first kappa shape index (κ1) is 19.9. The Labute approximate surface area is 178 Å². The molecule has 2 aliphatic rings. The quantitative estimate of drug-likeness (QED) is 0.652. The van der Waals surface area contributed by atoms with Gasteiger partial charge in [-0.15, -0.1) is 0 Å². The largest absolute Gasteiger partial charge is 0.507 e. The van der Waals surface area contributed by atoms with Crippen molar-refractivity contribution in [2.24, 2.45) is 0 Å². The molecule has 0 amide bonds. The number of phenolic OH excluding ortho intramolecular Hbond substituents is 1. The molecule has 0 aliphatic carbocycles. The lowest BCUT2D eigenvalue weighted by atomic mass is 9.96. The van der Waals surface area contributed by atoms with Gasteiger partial charge >= 0.3 is 0 Å². The van der Waals surface area contributed by atoms with E-state index in [2.05, 4.69) is 20.4 Å². The topological polar surface area (TPSA) is 79.1 Å². The minimum absolute atomic E-state index is 0.0413. The summed E-state index contributed by atoms with van der Waals surface area (Å²) in [5, 5.41) is 17.8. The number of rotatable bonds is 5. The summed E-state index contributed by atoms with van der Waals surface area (Å²) in [6.07, 6.45) is 8.03. The van der Waals surface area contributed by atoms with Gasteiger partial charge in [0, 0.05) is 36.5 Å². The van der Waals surface area contributed by atoms with Crippen LogP contribution in [0.4, 0.5) is 14.6 Å². The van der Waals surface area contributed by atoms with Crippen LogP contribution < -0.4 is 10.2 Å². The van der Waals surface area contributed by atoms with Crippen LogP contribution in [0.25, 0.3) is 22.4 Å². The average Bonchev–Trinajstić information content (AvgIpc) is 3.43. The number of benzene rings is 1. The fourth-order valence-corrected chi connectivity index (χ4v) is 4.67. The predicted octanol–water partition coefficient (Wildman–Crippen LogP) is 3.31. The average molecular weight is 426 g/mol. The highest BCUT2D eigenvalue weighted by atomic mass is 19.1. The number of aromatic nitrogens is 4. The van der Waals surface area contributed by atoms with Gasteiger partial charge in [0.1, 0.15) is 17.7 Å². The van der Waals surface area contributed by atoms with Crippen molar-refractivity contribution in [3.63, 3.8) is 0 Å². The van der Waals surface area contributed by atoms with Crippen LogP contribution >= 0.6 is 0 Å². The van der Waals surface area contributed by atoms with Crippen molar-refractivity contribution in [3.05, 3.63) is 43.0 Å². The predicted molar refractivity (Wildman–Crippen MR) is 113 cm³/mol. The van der Waals surface area contributed by atoms with Crippen LogP contribution in [0.5, 0.6) is 5.75 Å². The maximum absolute atomic E-state index is 14.9. The molecule has 2 fully saturated rings. The van der Waals surface area contributed by atoms with E-state index in [-0.39, 0.29) is 17.8 Å². The van der Waals surface area contributed by atoms with Gasteiger partial charge < -0.3 is 15.3 Å². The second kappa shape index (κ2) is 7.88. The highest BCUT2D eigenvalue weighted by Gasteiger charge is 2.43. The Morgan fingerprint density at radius 3 is 2.77 bits per heavy atom. The molecular weight excluding hydrogens is 402 g/mol. The molecule has 2 saturated heterocycles. The first-order valence-electron chi connectivity index (χ1n) is 10.4. The molecule has 7 nitrogen and oxygen atoms in total. The summed E-state index contributed by atoms with van der Waals surface area (Å²) in [7, 11) is 1.86. The van der Waals surface area contributed by atoms with Gasteiger partial charge in [0.15, 0.2) is 6.80 Å². The molecule has 1 aromatic carbocycles. The highest BCUT2D eigenvalue weighted by Crippen LogP contribution is 2.35. The molecule has 0 unspecified atom stereocenters. The second-order valence-corrected chi connectivity index (χ2v) is 8.29.